The van der Waals surface area contributed by atoms with E-state index in [1.165, 1.54) is 102 Å². The summed E-state index contributed by atoms with van der Waals surface area (Å²) >= 11 is 0. The predicted octanol–water partition coefficient (Wildman–Crippen LogP) is 14.9. The largest absolute Gasteiger partial charge is 0.487 e. The van der Waals surface area contributed by atoms with Crippen LogP contribution in [0.5, 0.6) is 11.5 Å². The average Bonchev–Trinajstić information content (AvgIpc) is 3.07. The second kappa shape index (κ2) is 25.0. The zero-order valence-electron chi connectivity index (χ0n) is 34.5. The van der Waals surface area contributed by atoms with E-state index in [0.717, 1.165) is 90.9 Å². The minimum absolute atomic E-state index is 0.0995. The van der Waals surface area contributed by atoms with E-state index in [-0.39, 0.29) is 11.6 Å². The van der Waals surface area contributed by atoms with Gasteiger partial charge >= 0.3 is 5.97 Å². The van der Waals surface area contributed by atoms with Gasteiger partial charge in [-0.25, -0.2) is 0 Å². The van der Waals surface area contributed by atoms with Gasteiger partial charge in [0.15, 0.2) is 0 Å². The molecule has 0 spiro atoms. The maximum absolute atomic E-state index is 12.9. The second-order valence-electron chi connectivity index (χ2n) is 16.9. The predicted molar refractivity (Wildman–Crippen MR) is 218 cm³/mol. The molecule has 0 aromatic heterocycles. The Morgan fingerprint density at radius 3 is 1.94 bits per heavy atom. The van der Waals surface area contributed by atoms with Crippen LogP contribution in [0.3, 0.4) is 0 Å². The van der Waals surface area contributed by atoms with Crippen LogP contribution in [0.15, 0.2) is 24.3 Å². The molecule has 0 saturated heterocycles. The quantitative estimate of drug-likeness (QED) is 0.0398. The fraction of sp³-hybridized carbons (Fsp3) is 0.766. The van der Waals surface area contributed by atoms with Crippen molar-refractivity contribution in [1.82, 2.24) is 0 Å². The number of allylic oxidation sites excluding steroid dienone is 4. The Balaban J connectivity index is 1.70. The first kappa shape index (κ1) is 44.1. The van der Waals surface area contributed by atoms with E-state index in [1.54, 1.807) is 0 Å². The number of benzene rings is 1. The summed E-state index contributed by atoms with van der Waals surface area (Å²) in [5.74, 6) is 4.19. The number of rotatable bonds is 27. The van der Waals surface area contributed by atoms with Crippen LogP contribution in [0.1, 0.15) is 205 Å². The molecule has 3 nitrogen and oxygen atoms in total. The average molecular weight is 693 g/mol. The van der Waals surface area contributed by atoms with Crippen molar-refractivity contribution in [2.24, 2.45) is 17.8 Å². The van der Waals surface area contributed by atoms with E-state index in [9.17, 15) is 4.79 Å². The molecular weight excluding hydrogens is 613 g/mol. The number of ether oxygens (including phenoxy) is 2. The number of carbonyl (C=O) groups is 1. The molecule has 3 atom stereocenters. The Kier molecular flexibility index (Phi) is 22.1. The topological polar surface area (TPSA) is 35.5 Å². The normalized spacial score (nSPS) is 17.4. The third-order valence-corrected chi connectivity index (χ3v) is 11.4. The fourth-order valence-electron chi connectivity index (χ4n) is 7.66. The van der Waals surface area contributed by atoms with Crippen LogP contribution in [-0.2, 0) is 11.2 Å². The van der Waals surface area contributed by atoms with Crippen LogP contribution in [0, 0.1) is 38.5 Å². The molecule has 0 fully saturated rings. The summed E-state index contributed by atoms with van der Waals surface area (Å²) in [6.07, 6.45) is 36.6. The van der Waals surface area contributed by atoms with E-state index >= 15 is 0 Å². The second-order valence-corrected chi connectivity index (χ2v) is 16.9. The molecule has 1 aromatic rings. The lowest BCUT2D eigenvalue weighted by molar-refractivity contribution is -0.134. The molecule has 0 aliphatic carbocycles. The molecule has 0 N–H and O–H groups in total. The molecule has 1 aromatic carbocycles. The van der Waals surface area contributed by atoms with Crippen molar-refractivity contribution in [1.29, 1.82) is 0 Å². The summed E-state index contributed by atoms with van der Waals surface area (Å²) in [7, 11) is 0. The lowest BCUT2D eigenvalue weighted by atomic mass is 9.83. The minimum Gasteiger partial charge on any atom is -0.487 e. The van der Waals surface area contributed by atoms with Crippen LogP contribution < -0.4 is 9.47 Å². The number of hydrogen-bond acceptors (Lipinski definition) is 3. The van der Waals surface area contributed by atoms with Gasteiger partial charge in [0.2, 0.25) is 0 Å². The van der Waals surface area contributed by atoms with Crippen molar-refractivity contribution < 1.29 is 14.3 Å². The van der Waals surface area contributed by atoms with Crippen LogP contribution in [0.25, 0.3) is 0 Å². The van der Waals surface area contributed by atoms with Crippen LogP contribution in [-0.4, -0.2) is 11.6 Å². The zero-order chi connectivity index (χ0) is 36.8. The minimum atomic E-state index is -0.124. The Hall–Kier alpha value is -2.03. The summed E-state index contributed by atoms with van der Waals surface area (Å²) < 4.78 is 12.9. The molecule has 0 bridgehead atoms. The SMILES string of the molecule is CCCCC/C=C\C/C=C\CCCCCCCC(=O)Oc1c(C)c(C)c2c(c1C)CC[C@@](C)(CCC[C@H](C)CCC[C@H](C)CCCC(C)C)O2. The molecule has 1 aliphatic rings. The van der Waals surface area contributed by atoms with Gasteiger partial charge in [0.05, 0.1) is 0 Å². The van der Waals surface area contributed by atoms with Gasteiger partial charge in [-0.1, -0.05) is 136 Å². The maximum Gasteiger partial charge on any atom is 0.311 e. The van der Waals surface area contributed by atoms with Crippen molar-refractivity contribution in [3.63, 3.8) is 0 Å². The highest BCUT2D eigenvalue weighted by molar-refractivity contribution is 5.74. The monoisotopic (exact) mass is 693 g/mol. The van der Waals surface area contributed by atoms with Gasteiger partial charge in [0.25, 0.3) is 0 Å². The smallest absolute Gasteiger partial charge is 0.311 e. The van der Waals surface area contributed by atoms with Gasteiger partial charge in [-0.15, -0.1) is 0 Å². The van der Waals surface area contributed by atoms with E-state index < -0.39 is 0 Å². The fourth-order valence-corrected chi connectivity index (χ4v) is 7.66. The van der Waals surface area contributed by atoms with Crippen molar-refractivity contribution in [2.45, 2.75) is 216 Å². The molecule has 286 valence electrons. The summed E-state index contributed by atoms with van der Waals surface area (Å²) in [6.45, 7) is 20.5. The summed E-state index contributed by atoms with van der Waals surface area (Å²) in [5, 5.41) is 0. The molecule has 0 amide bonds. The Labute approximate surface area is 310 Å². The van der Waals surface area contributed by atoms with E-state index in [4.69, 9.17) is 9.47 Å². The van der Waals surface area contributed by atoms with Gasteiger partial charge in [-0.3, -0.25) is 4.79 Å². The van der Waals surface area contributed by atoms with Crippen LogP contribution >= 0.6 is 0 Å². The summed E-state index contributed by atoms with van der Waals surface area (Å²) in [4.78, 5) is 12.9. The van der Waals surface area contributed by atoms with E-state index in [2.05, 4.69) is 86.6 Å². The standard InChI is InChI=1S/C47H80O3/c1-10-11-12-13-14-15-16-17-18-19-20-21-22-23-24-33-44(48)49-45-40(6)41(7)46-43(42(45)8)34-36-47(9,50-46)35-27-32-39(5)31-26-30-38(4)29-25-28-37(2)3/h14-15,17-18,37-39H,10-13,16,19-36H2,1-9H3/b15-14-,18-17-/t38-,39-,47-/m1/s1. The molecule has 1 aliphatic heterocycles. The lowest BCUT2D eigenvalue weighted by Gasteiger charge is -2.38. The number of esters is 1. The Morgan fingerprint density at radius 1 is 0.720 bits per heavy atom. The zero-order valence-corrected chi connectivity index (χ0v) is 34.5. The third-order valence-electron chi connectivity index (χ3n) is 11.4. The van der Waals surface area contributed by atoms with Gasteiger partial charge in [0.1, 0.15) is 17.1 Å². The number of hydrogen-bond donors (Lipinski definition) is 0. The van der Waals surface area contributed by atoms with E-state index in [1.807, 2.05) is 0 Å². The lowest BCUT2D eigenvalue weighted by Crippen LogP contribution is -2.37. The number of unbranched alkanes of at least 4 members (excludes halogenated alkanes) is 8. The van der Waals surface area contributed by atoms with Crippen molar-refractivity contribution in [3.05, 3.63) is 46.6 Å². The highest BCUT2D eigenvalue weighted by atomic mass is 16.5. The first-order valence-electron chi connectivity index (χ1n) is 21.3. The van der Waals surface area contributed by atoms with Gasteiger partial charge in [-0.2, -0.15) is 0 Å². The molecule has 0 radical (unpaired) electrons. The first-order valence-corrected chi connectivity index (χ1v) is 21.3. The first-order chi connectivity index (χ1) is 24.0. The van der Waals surface area contributed by atoms with E-state index in [0.29, 0.717) is 6.42 Å². The van der Waals surface area contributed by atoms with Crippen molar-refractivity contribution in [3.8, 4) is 11.5 Å². The van der Waals surface area contributed by atoms with Crippen LogP contribution in [0.2, 0.25) is 0 Å². The molecule has 2 rings (SSSR count). The molecule has 3 heteroatoms. The molecule has 0 saturated carbocycles. The Bertz CT molecular complexity index is 1140. The van der Waals surface area contributed by atoms with Gasteiger partial charge in [-0.05, 0) is 126 Å². The van der Waals surface area contributed by atoms with Gasteiger partial charge < -0.3 is 9.47 Å². The highest BCUT2D eigenvalue weighted by Gasteiger charge is 2.34. The number of fused-ring (bicyclic) bond motifs is 1. The van der Waals surface area contributed by atoms with Crippen molar-refractivity contribution in [2.75, 3.05) is 0 Å². The van der Waals surface area contributed by atoms with Crippen LogP contribution in [0.4, 0.5) is 0 Å². The molecule has 0 unspecified atom stereocenters. The Morgan fingerprint density at radius 2 is 1.30 bits per heavy atom. The van der Waals surface area contributed by atoms with Crippen molar-refractivity contribution >= 4 is 5.97 Å². The van der Waals surface area contributed by atoms with Gasteiger partial charge in [0, 0.05) is 12.0 Å². The third kappa shape index (κ3) is 17.5. The molecule has 50 heavy (non-hydrogen) atoms. The summed E-state index contributed by atoms with van der Waals surface area (Å²) in [5.41, 5.74) is 4.38. The molecular formula is C47H80O3. The summed E-state index contributed by atoms with van der Waals surface area (Å²) in [6, 6.07) is 0. The highest BCUT2D eigenvalue weighted by Crippen LogP contribution is 2.45. The molecule has 1 heterocycles. The maximum atomic E-state index is 12.9. The number of carbonyl (C=O) groups excluding carboxylic acids is 1.